The monoisotopic (exact) mass is 1270 g/mol. The van der Waals surface area contributed by atoms with E-state index in [1.807, 2.05) is 33.3 Å². The number of phosphoric ester groups is 1. The molecule has 0 rings (SSSR count). The number of hydrogen-bond acceptors (Lipinski definition) is 6. The number of ether oxygens (including phenoxy) is 1. The zero-order valence-corrected chi connectivity index (χ0v) is 60.6. The normalized spacial score (nSPS) is 13.8. The van der Waals surface area contributed by atoms with Gasteiger partial charge in [-0.2, -0.15) is 0 Å². The molecular weight excluding hydrogens is 1120 g/mol. The second-order valence-corrected chi connectivity index (χ2v) is 28.6. The Balaban J connectivity index is 4.92. The SMILES string of the molecule is CC/C=C\C/C=C\C/C=C\C/C=C\C/C=C\CCCCCCCCCCCC(=O)NC(COP(=O)(O)OCC[N+](C)(C)C)C(/C=C/CCCCCCCCCCC)OC(=O)CCCCCCCCCCCCCCCCCCCCCCCCCCCCC. The summed E-state index contributed by atoms with van der Waals surface area (Å²) in [5.74, 6) is -0.498. The number of carbonyl (C=O) groups excluding carboxylic acids is 2. The summed E-state index contributed by atoms with van der Waals surface area (Å²) in [4.78, 5) is 38.0. The van der Waals surface area contributed by atoms with Crippen molar-refractivity contribution in [3.63, 3.8) is 0 Å². The first-order valence-electron chi connectivity index (χ1n) is 38.3. The molecular formula is C79H148N2O7P+. The van der Waals surface area contributed by atoms with Gasteiger partial charge >= 0.3 is 13.8 Å². The Labute approximate surface area is 553 Å². The number of quaternary nitrogens is 1. The van der Waals surface area contributed by atoms with Crippen LogP contribution in [0, 0.1) is 0 Å². The second-order valence-electron chi connectivity index (χ2n) is 27.2. The molecule has 0 fully saturated rings. The van der Waals surface area contributed by atoms with E-state index in [0.29, 0.717) is 23.9 Å². The summed E-state index contributed by atoms with van der Waals surface area (Å²) in [7, 11) is 1.50. The fraction of sp³-hybridized carbons (Fsp3) is 0.823. The fourth-order valence-corrected chi connectivity index (χ4v) is 12.1. The average Bonchev–Trinajstić information content (AvgIpc) is 3.62. The van der Waals surface area contributed by atoms with E-state index < -0.39 is 20.0 Å². The smallest absolute Gasteiger partial charge is 0.456 e. The lowest BCUT2D eigenvalue weighted by Crippen LogP contribution is -2.47. The molecule has 89 heavy (non-hydrogen) atoms. The van der Waals surface area contributed by atoms with Gasteiger partial charge in [-0.1, -0.05) is 351 Å². The molecule has 3 unspecified atom stereocenters. The lowest BCUT2D eigenvalue weighted by molar-refractivity contribution is -0.870. The lowest BCUT2D eigenvalue weighted by atomic mass is 10.0. The van der Waals surface area contributed by atoms with Gasteiger partial charge in [0, 0.05) is 12.8 Å². The van der Waals surface area contributed by atoms with Crippen LogP contribution < -0.4 is 5.32 Å². The van der Waals surface area contributed by atoms with Crippen LogP contribution in [-0.2, 0) is 27.9 Å². The number of hydrogen-bond donors (Lipinski definition) is 2. The van der Waals surface area contributed by atoms with Crippen molar-refractivity contribution in [2.75, 3.05) is 40.9 Å². The minimum absolute atomic E-state index is 0.0385. The zero-order valence-electron chi connectivity index (χ0n) is 59.7. The van der Waals surface area contributed by atoms with Crippen LogP contribution in [0.4, 0.5) is 0 Å². The third-order valence-electron chi connectivity index (χ3n) is 17.2. The van der Waals surface area contributed by atoms with Gasteiger partial charge in [-0.25, -0.2) is 4.57 Å². The Morgan fingerprint density at radius 2 is 0.719 bits per heavy atom. The van der Waals surface area contributed by atoms with E-state index in [2.05, 4.69) is 86.8 Å². The summed E-state index contributed by atoms with van der Waals surface area (Å²) in [5.41, 5.74) is 0. The Morgan fingerprint density at radius 1 is 0.404 bits per heavy atom. The summed E-state index contributed by atoms with van der Waals surface area (Å²) >= 11 is 0. The first kappa shape index (κ1) is 86.5. The number of carbonyl (C=O) groups is 2. The number of amides is 1. The molecule has 0 bridgehead atoms. The first-order valence-corrected chi connectivity index (χ1v) is 39.8. The van der Waals surface area contributed by atoms with Crippen LogP contribution in [0.5, 0.6) is 0 Å². The lowest BCUT2D eigenvalue weighted by Gasteiger charge is -2.27. The van der Waals surface area contributed by atoms with Crippen molar-refractivity contribution in [3.8, 4) is 0 Å². The molecule has 0 saturated heterocycles. The van der Waals surface area contributed by atoms with Crippen LogP contribution in [0.1, 0.15) is 367 Å². The molecule has 1 amide bonds. The molecule has 0 spiro atoms. The number of esters is 1. The molecule has 3 atom stereocenters. The maximum Gasteiger partial charge on any atom is 0.472 e. The summed E-state index contributed by atoms with van der Waals surface area (Å²) in [6.07, 6.45) is 90.8. The van der Waals surface area contributed by atoms with Crippen LogP contribution in [0.2, 0.25) is 0 Å². The van der Waals surface area contributed by atoms with Crippen LogP contribution >= 0.6 is 7.82 Å². The van der Waals surface area contributed by atoms with E-state index in [4.69, 9.17) is 13.8 Å². The van der Waals surface area contributed by atoms with Gasteiger partial charge in [0.1, 0.15) is 19.3 Å². The summed E-state index contributed by atoms with van der Waals surface area (Å²) in [6, 6.07) is -0.854. The molecule has 0 aliphatic carbocycles. The molecule has 0 aromatic carbocycles. The molecule has 0 heterocycles. The van der Waals surface area contributed by atoms with E-state index in [1.165, 1.54) is 231 Å². The van der Waals surface area contributed by atoms with Gasteiger partial charge in [0.25, 0.3) is 0 Å². The van der Waals surface area contributed by atoms with E-state index >= 15 is 0 Å². The maximum absolute atomic E-state index is 13.6. The second kappa shape index (κ2) is 68.3. The first-order chi connectivity index (χ1) is 43.4. The number of likely N-dealkylation sites (N-methyl/N-ethyl adjacent to an activating group) is 1. The van der Waals surface area contributed by atoms with Gasteiger partial charge in [-0.05, 0) is 76.7 Å². The average molecular weight is 1270 g/mol. The Bertz CT molecular complexity index is 1750. The van der Waals surface area contributed by atoms with Gasteiger partial charge in [0.15, 0.2) is 0 Å². The third-order valence-corrected chi connectivity index (χ3v) is 18.1. The zero-order chi connectivity index (χ0) is 64.9. The predicted molar refractivity (Wildman–Crippen MR) is 388 cm³/mol. The van der Waals surface area contributed by atoms with Gasteiger partial charge in [-0.3, -0.25) is 18.6 Å². The number of nitrogens with one attached hydrogen (secondary N) is 1. The number of unbranched alkanes of at least 4 members (excludes halogenated alkanes) is 44. The van der Waals surface area contributed by atoms with Gasteiger partial charge in [-0.15, -0.1) is 0 Å². The maximum atomic E-state index is 13.6. The quantitative estimate of drug-likeness (QED) is 0.0205. The molecule has 520 valence electrons. The van der Waals surface area contributed by atoms with Crippen molar-refractivity contribution in [3.05, 3.63) is 72.9 Å². The highest BCUT2D eigenvalue weighted by Gasteiger charge is 2.30. The van der Waals surface area contributed by atoms with Crippen molar-refractivity contribution in [2.24, 2.45) is 0 Å². The predicted octanol–water partition coefficient (Wildman–Crippen LogP) is 24.7. The van der Waals surface area contributed by atoms with Crippen LogP contribution in [0.15, 0.2) is 72.9 Å². The Hall–Kier alpha value is -2.55. The molecule has 2 N–H and O–H groups in total. The van der Waals surface area contributed by atoms with Crippen molar-refractivity contribution >= 4 is 19.7 Å². The molecule has 9 nitrogen and oxygen atoms in total. The highest BCUT2D eigenvalue weighted by atomic mass is 31.2. The van der Waals surface area contributed by atoms with E-state index in [-0.39, 0.29) is 25.1 Å². The van der Waals surface area contributed by atoms with Crippen molar-refractivity contribution < 1.29 is 37.3 Å². The molecule has 0 radical (unpaired) electrons. The number of nitrogens with zero attached hydrogens (tertiary/aromatic N) is 1. The summed E-state index contributed by atoms with van der Waals surface area (Å²) in [6.45, 7) is 6.94. The van der Waals surface area contributed by atoms with Crippen molar-refractivity contribution in [1.82, 2.24) is 5.32 Å². The number of rotatable bonds is 70. The molecule has 0 aliphatic rings. The molecule has 0 aliphatic heterocycles. The minimum Gasteiger partial charge on any atom is -0.456 e. The standard InChI is InChI=1S/C79H147N2O7P/c1-7-10-13-16-19-22-25-27-29-31-33-35-37-39-40-42-44-46-48-50-52-54-57-60-63-66-69-72-79(83)88-77(70-67-64-61-58-55-24-21-18-15-12-9-3)76(75-87-89(84,85)86-74-73-81(4,5)6)80-78(82)71-68-65-62-59-56-53-51-49-47-45-43-41-38-36-34-32-30-28-26-23-20-17-14-11-8-2/h11,14,20,23,28,30,34,36,41,43,67,70,76-77H,7-10,12-13,15-19,21-22,24-27,29,31-33,35,37-40,42,44-66,68-69,71-75H2,1-6H3,(H-,80,82,84,85)/p+1/b14-11-,23-20-,30-28-,36-34-,43-41-,70-67+. The number of allylic oxidation sites excluding steroid dienone is 11. The van der Waals surface area contributed by atoms with Gasteiger partial charge < -0.3 is 19.4 Å². The molecule has 0 aromatic heterocycles. The van der Waals surface area contributed by atoms with Crippen molar-refractivity contribution in [1.29, 1.82) is 0 Å². The molecule has 10 heteroatoms. The minimum atomic E-state index is -4.46. The Kier molecular flexibility index (Phi) is 66.4. The number of phosphoric acid groups is 1. The van der Waals surface area contributed by atoms with E-state index in [1.54, 1.807) is 0 Å². The van der Waals surface area contributed by atoms with Crippen molar-refractivity contribution in [2.45, 2.75) is 380 Å². The fourth-order valence-electron chi connectivity index (χ4n) is 11.3. The van der Waals surface area contributed by atoms with E-state index in [0.717, 1.165) is 103 Å². The van der Waals surface area contributed by atoms with Gasteiger partial charge in [0.2, 0.25) is 5.91 Å². The third kappa shape index (κ3) is 69.6. The largest absolute Gasteiger partial charge is 0.472 e. The van der Waals surface area contributed by atoms with Crippen LogP contribution in [0.25, 0.3) is 0 Å². The highest BCUT2D eigenvalue weighted by Crippen LogP contribution is 2.43. The summed E-state index contributed by atoms with van der Waals surface area (Å²) in [5, 5.41) is 3.07. The summed E-state index contributed by atoms with van der Waals surface area (Å²) < 4.78 is 30.9. The van der Waals surface area contributed by atoms with Crippen LogP contribution in [-0.4, -0.2) is 74.3 Å². The van der Waals surface area contributed by atoms with Crippen LogP contribution in [0.3, 0.4) is 0 Å². The van der Waals surface area contributed by atoms with Gasteiger partial charge in [0.05, 0.1) is 33.8 Å². The highest BCUT2D eigenvalue weighted by molar-refractivity contribution is 7.47. The molecule has 0 saturated carbocycles. The van der Waals surface area contributed by atoms with E-state index in [9.17, 15) is 19.0 Å². The Morgan fingerprint density at radius 3 is 1.08 bits per heavy atom. The molecule has 0 aromatic rings. The topological polar surface area (TPSA) is 111 Å².